The Morgan fingerprint density at radius 2 is 2.04 bits per heavy atom. The molecule has 6 nitrogen and oxygen atoms in total. The van der Waals surface area contributed by atoms with Gasteiger partial charge in [-0.2, -0.15) is 0 Å². The number of nitrogens with one attached hydrogen (secondary N) is 1. The number of hydrogen-bond acceptors (Lipinski definition) is 4. The zero-order chi connectivity index (χ0) is 17.6. The van der Waals surface area contributed by atoms with Crippen LogP contribution in [0.5, 0.6) is 0 Å². The molecule has 0 saturated heterocycles. The normalized spacial score (nSPS) is 13.2. The van der Waals surface area contributed by atoms with E-state index in [1.807, 2.05) is 32.9 Å². The molecule has 0 unspecified atom stereocenters. The second-order valence-corrected chi connectivity index (χ2v) is 6.76. The van der Waals surface area contributed by atoms with E-state index >= 15 is 0 Å². The molecule has 4 rings (SSSR count). The minimum atomic E-state index is -0.0993. The van der Waals surface area contributed by atoms with Gasteiger partial charge >= 0.3 is 0 Å². The molecule has 0 radical (unpaired) electrons. The van der Waals surface area contributed by atoms with Crippen LogP contribution in [0.3, 0.4) is 0 Å². The fourth-order valence-corrected chi connectivity index (χ4v) is 3.66. The summed E-state index contributed by atoms with van der Waals surface area (Å²) >= 11 is 0. The lowest BCUT2D eigenvalue weighted by Crippen LogP contribution is -2.25. The van der Waals surface area contributed by atoms with Crippen LogP contribution in [0.15, 0.2) is 18.2 Å². The first-order valence-corrected chi connectivity index (χ1v) is 8.60. The molecule has 1 aliphatic rings. The third-order valence-corrected chi connectivity index (χ3v) is 4.72. The molecule has 25 heavy (non-hydrogen) atoms. The van der Waals surface area contributed by atoms with E-state index in [-0.39, 0.29) is 5.91 Å². The van der Waals surface area contributed by atoms with Crippen molar-refractivity contribution in [1.29, 1.82) is 0 Å². The van der Waals surface area contributed by atoms with E-state index in [1.54, 1.807) is 0 Å². The predicted octanol–water partition coefficient (Wildman–Crippen LogP) is 2.63. The first-order valence-electron chi connectivity index (χ1n) is 8.60. The smallest absolute Gasteiger partial charge is 0.252 e. The average Bonchev–Trinajstić information content (AvgIpc) is 3.14. The van der Waals surface area contributed by atoms with Crippen molar-refractivity contribution in [3.63, 3.8) is 0 Å². The lowest BCUT2D eigenvalue weighted by Gasteiger charge is -2.12. The van der Waals surface area contributed by atoms with Gasteiger partial charge in [0.2, 0.25) is 0 Å². The second kappa shape index (κ2) is 5.95. The molecular weight excluding hydrogens is 314 g/mol. The van der Waals surface area contributed by atoms with Crippen molar-refractivity contribution in [2.45, 2.75) is 46.7 Å². The molecule has 1 amide bonds. The number of rotatable bonds is 3. The highest BCUT2D eigenvalue weighted by Crippen LogP contribution is 2.24. The Hall–Kier alpha value is -2.76. The molecule has 1 aliphatic heterocycles. The molecule has 6 heteroatoms. The van der Waals surface area contributed by atoms with Crippen molar-refractivity contribution in [2.24, 2.45) is 0 Å². The van der Waals surface area contributed by atoms with Crippen LogP contribution in [0.1, 0.15) is 45.2 Å². The fourth-order valence-electron chi connectivity index (χ4n) is 3.66. The Labute approximate surface area is 146 Å². The van der Waals surface area contributed by atoms with Crippen LogP contribution < -0.4 is 5.32 Å². The summed E-state index contributed by atoms with van der Waals surface area (Å²) in [6, 6.07) is 5.97. The SMILES string of the molecule is Cc1cc(C)c2c(C(=O)NCc3nnc4n3CCC4)cc(C)nc2c1. The Bertz CT molecular complexity index is 984. The first kappa shape index (κ1) is 15.7. The molecule has 0 spiro atoms. The zero-order valence-corrected chi connectivity index (χ0v) is 14.8. The van der Waals surface area contributed by atoms with E-state index < -0.39 is 0 Å². The minimum Gasteiger partial charge on any atom is -0.345 e. The number of carbonyl (C=O) groups excluding carboxylic acids is 1. The van der Waals surface area contributed by atoms with E-state index in [4.69, 9.17) is 0 Å². The number of aromatic nitrogens is 4. The average molecular weight is 335 g/mol. The zero-order valence-electron chi connectivity index (χ0n) is 14.8. The van der Waals surface area contributed by atoms with E-state index in [9.17, 15) is 4.79 Å². The molecule has 0 fully saturated rings. The summed E-state index contributed by atoms with van der Waals surface area (Å²) in [5.74, 6) is 1.74. The molecular formula is C19H21N5O. The van der Waals surface area contributed by atoms with Crippen molar-refractivity contribution < 1.29 is 4.79 Å². The largest absolute Gasteiger partial charge is 0.345 e. The summed E-state index contributed by atoms with van der Waals surface area (Å²) in [7, 11) is 0. The number of amides is 1. The Morgan fingerprint density at radius 3 is 2.88 bits per heavy atom. The van der Waals surface area contributed by atoms with Crippen molar-refractivity contribution in [2.75, 3.05) is 0 Å². The van der Waals surface area contributed by atoms with Gasteiger partial charge in [0.15, 0.2) is 5.82 Å². The number of hydrogen-bond donors (Lipinski definition) is 1. The number of fused-ring (bicyclic) bond motifs is 2. The van der Waals surface area contributed by atoms with Gasteiger partial charge in [0, 0.05) is 24.0 Å². The van der Waals surface area contributed by atoms with Crippen molar-refractivity contribution in [1.82, 2.24) is 25.1 Å². The van der Waals surface area contributed by atoms with Crippen LogP contribution in [0.4, 0.5) is 0 Å². The van der Waals surface area contributed by atoms with Crippen LogP contribution in [0.2, 0.25) is 0 Å². The fraction of sp³-hybridized carbons (Fsp3) is 0.368. The maximum absolute atomic E-state index is 12.8. The molecule has 3 heterocycles. The predicted molar refractivity (Wildman–Crippen MR) is 95.5 cm³/mol. The van der Waals surface area contributed by atoms with Crippen molar-refractivity contribution in [3.05, 3.63) is 52.2 Å². The maximum atomic E-state index is 12.8. The van der Waals surface area contributed by atoms with Gasteiger partial charge in [-0.25, -0.2) is 0 Å². The molecule has 2 aromatic heterocycles. The number of aryl methyl sites for hydroxylation is 4. The highest BCUT2D eigenvalue weighted by atomic mass is 16.1. The quantitative estimate of drug-likeness (QED) is 0.798. The van der Waals surface area contributed by atoms with Gasteiger partial charge in [-0.3, -0.25) is 9.78 Å². The molecule has 0 atom stereocenters. The van der Waals surface area contributed by atoms with E-state index in [0.717, 1.165) is 58.8 Å². The second-order valence-electron chi connectivity index (χ2n) is 6.76. The third kappa shape index (κ3) is 2.77. The van der Waals surface area contributed by atoms with Gasteiger partial charge in [-0.15, -0.1) is 10.2 Å². The number of pyridine rings is 1. The topological polar surface area (TPSA) is 72.7 Å². The summed E-state index contributed by atoms with van der Waals surface area (Å²) in [5, 5.41) is 12.3. The summed E-state index contributed by atoms with van der Waals surface area (Å²) in [4.78, 5) is 17.4. The molecule has 0 aliphatic carbocycles. The van der Waals surface area contributed by atoms with Crippen molar-refractivity contribution >= 4 is 16.8 Å². The molecule has 1 N–H and O–H groups in total. The van der Waals surface area contributed by atoms with Crippen LogP contribution in [0, 0.1) is 20.8 Å². The highest BCUT2D eigenvalue weighted by molar-refractivity contribution is 6.07. The number of carbonyl (C=O) groups is 1. The Morgan fingerprint density at radius 1 is 1.20 bits per heavy atom. The van der Waals surface area contributed by atoms with Gasteiger partial charge < -0.3 is 9.88 Å². The Balaban J connectivity index is 1.65. The first-order chi connectivity index (χ1) is 12.0. The maximum Gasteiger partial charge on any atom is 0.252 e. The van der Waals surface area contributed by atoms with Gasteiger partial charge in [-0.05, 0) is 50.5 Å². The highest BCUT2D eigenvalue weighted by Gasteiger charge is 2.19. The van der Waals surface area contributed by atoms with E-state index in [1.165, 1.54) is 0 Å². The van der Waals surface area contributed by atoms with Crippen LogP contribution in [0.25, 0.3) is 10.9 Å². The minimum absolute atomic E-state index is 0.0993. The van der Waals surface area contributed by atoms with Gasteiger partial charge in [-0.1, -0.05) is 6.07 Å². The standard InChI is InChI=1S/C19H21N5O/c1-11-7-12(2)18-14(9-13(3)21-15(18)8-11)19(25)20-10-17-23-22-16-5-4-6-24(16)17/h7-9H,4-6,10H2,1-3H3,(H,20,25). The molecule has 0 saturated carbocycles. The van der Waals surface area contributed by atoms with Crippen LogP contribution in [-0.4, -0.2) is 25.7 Å². The van der Waals surface area contributed by atoms with E-state index in [2.05, 4.69) is 31.1 Å². The molecule has 3 aromatic rings. The number of benzene rings is 1. The molecule has 1 aromatic carbocycles. The van der Waals surface area contributed by atoms with E-state index in [0.29, 0.717) is 12.1 Å². The monoisotopic (exact) mass is 335 g/mol. The van der Waals surface area contributed by atoms with Gasteiger partial charge in [0.05, 0.1) is 17.6 Å². The Kier molecular flexibility index (Phi) is 3.75. The van der Waals surface area contributed by atoms with Gasteiger partial charge in [0.1, 0.15) is 5.82 Å². The summed E-state index contributed by atoms with van der Waals surface area (Å²) in [6.45, 7) is 7.30. The number of nitrogens with zero attached hydrogens (tertiary/aromatic N) is 4. The summed E-state index contributed by atoms with van der Waals surface area (Å²) < 4.78 is 2.10. The van der Waals surface area contributed by atoms with Gasteiger partial charge in [0.25, 0.3) is 5.91 Å². The lowest BCUT2D eigenvalue weighted by molar-refractivity contribution is 0.0951. The summed E-state index contributed by atoms with van der Waals surface area (Å²) in [5.41, 5.74) is 4.59. The molecule has 0 bridgehead atoms. The van der Waals surface area contributed by atoms with Crippen LogP contribution >= 0.6 is 0 Å². The molecule has 128 valence electrons. The summed E-state index contributed by atoms with van der Waals surface area (Å²) in [6.07, 6.45) is 2.06. The third-order valence-electron chi connectivity index (χ3n) is 4.72. The van der Waals surface area contributed by atoms with Crippen molar-refractivity contribution in [3.8, 4) is 0 Å². The van der Waals surface area contributed by atoms with Crippen LogP contribution in [-0.2, 0) is 19.5 Å². The lowest BCUT2D eigenvalue weighted by atomic mass is 10.00.